The number of hydrogen-bond acceptors (Lipinski definition) is 3. The number of anilines is 1. The van der Waals surface area contributed by atoms with Crippen molar-refractivity contribution in [3.8, 4) is 0 Å². The standard InChI is InChI=1S/C19H17Cl2N3O2/c1-23(16-4-2-3-15(21)11-16)19(26)12-24-18(25)10-9-17(22-24)13-5-7-14(20)8-6-13/h2-8,11H,9-10,12H2,1H3. The number of carbonyl (C=O) groups excluding carboxylic acids is 2. The Hall–Kier alpha value is -2.37. The van der Waals surface area contributed by atoms with Gasteiger partial charge in [-0.2, -0.15) is 5.10 Å². The van der Waals surface area contributed by atoms with E-state index in [1.54, 1.807) is 43.4 Å². The van der Waals surface area contributed by atoms with Crippen LogP contribution in [-0.4, -0.2) is 36.1 Å². The maximum atomic E-state index is 12.6. The summed E-state index contributed by atoms with van der Waals surface area (Å²) < 4.78 is 0. The van der Waals surface area contributed by atoms with Crippen LogP contribution in [-0.2, 0) is 9.59 Å². The van der Waals surface area contributed by atoms with Gasteiger partial charge in [-0.3, -0.25) is 9.59 Å². The number of likely N-dealkylation sites (N-methyl/N-ethyl adjacent to an activating group) is 1. The van der Waals surface area contributed by atoms with Crippen molar-refractivity contribution in [3.05, 3.63) is 64.1 Å². The molecule has 7 heteroatoms. The van der Waals surface area contributed by atoms with Crippen LogP contribution in [0.5, 0.6) is 0 Å². The average Bonchev–Trinajstić information content (AvgIpc) is 2.63. The van der Waals surface area contributed by atoms with Crippen molar-refractivity contribution in [1.29, 1.82) is 0 Å². The van der Waals surface area contributed by atoms with Crippen LogP contribution in [0.2, 0.25) is 10.0 Å². The molecule has 0 spiro atoms. The second-order valence-electron chi connectivity index (χ2n) is 5.94. The molecule has 0 radical (unpaired) electrons. The lowest BCUT2D eigenvalue weighted by Gasteiger charge is -2.25. The van der Waals surface area contributed by atoms with Gasteiger partial charge in [0.1, 0.15) is 6.54 Å². The van der Waals surface area contributed by atoms with Crippen LogP contribution < -0.4 is 4.90 Å². The third-order valence-electron chi connectivity index (χ3n) is 4.14. The van der Waals surface area contributed by atoms with Crippen molar-refractivity contribution in [3.63, 3.8) is 0 Å². The molecule has 3 rings (SSSR count). The van der Waals surface area contributed by atoms with Gasteiger partial charge in [-0.15, -0.1) is 0 Å². The Morgan fingerprint density at radius 1 is 1.12 bits per heavy atom. The first-order chi connectivity index (χ1) is 12.4. The minimum absolute atomic E-state index is 0.126. The first-order valence-corrected chi connectivity index (χ1v) is 8.85. The fraction of sp³-hybridized carbons (Fsp3) is 0.211. The zero-order valence-electron chi connectivity index (χ0n) is 14.2. The first-order valence-electron chi connectivity index (χ1n) is 8.10. The molecule has 26 heavy (non-hydrogen) atoms. The zero-order valence-corrected chi connectivity index (χ0v) is 15.7. The number of hydrogen-bond donors (Lipinski definition) is 0. The van der Waals surface area contributed by atoms with Gasteiger partial charge >= 0.3 is 0 Å². The second-order valence-corrected chi connectivity index (χ2v) is 6.81. The fourth-order valence-corrected chi connectivity index (χ4v) is 2.95. The molecule has 0 aliphatic carbocycles. The Balaban J connectivity index is 1.76. The molecular weight excluding hydrogens is 373 g/mol. The minimum atomic E-state index is -0.248. The van der Waals surface area contributed by atoms with Gasteiger partial charge in [-0.1, -0.05) is 41.4 Å². The third kappa shape index (κ3) is 4.23. The topological polar surface area (TPSA) is 53.0 Å². The number of hydrazone groups is 1. The van der Waals surface area contributed by atoms with Gasteiger partial charge in [0.2, 0.25) is 11.8 Å². The van der Waals surface area contributed by atoms with Crippen LogP contribution in [0, 0.1) is 0 Å². The number of rotatable bonds is 4. The van der Waals surface area contributed by atoms with E-state index in [0.29, 0.717) is 28.6 Å². The van der Waals surface area contributed by atoms with Crippen LogP contribution in [0.25, 0.3) is 0 Å². The summed E-state index contributed by atoms with van der Waals surface area (Å²) in [6.07, 6.45) is 0.852. The normalized spacial score (nSPS) is 14.2. The molecule has 0 fully saturated rings. The third-order valence-corrected chi connectivity index (χ3v) is 4.62. The molecule has 2 aromatic carbocycles. The average molecular weight is 390 g/mol. The van der Waals surface area contributed by atoms with E-state index in [4.69, 9.17) is 23.2 Å². The predicted molar refractivity (Wildman–Crippen MR) is 104 cm³/mol. The van der Waals surface area contributed by atoms with Gasteiger partial charge in [-0.25, -0.2) is 5.01 Å². The molecule has 0 aromatic heterocycles. The largest absolute Gasteiger partial charge is 0.314 e. The summed E-state index contributed by atoms with van der Waals surface area (Å²) in [4.78, 5) is 26.2. The summed E-state index contributed by atoms with van der Waals surface area (Å²) >= 11 is 11.9. The SMILES string of the molecule is CN(C(=O)CN1N=C(c2ccc(Cl)cc2)CCC1=O)c1cccc(Cl)c1. The summed E-state index contributed by atoms with van der Waals surface area (Å²) in [6.45, 7) is -0.126. The van der Waals surface area contributed by atoms with Crippen LogP contribution in [0.1, 0.15) is 18.4 Å². The van der Waals surface area contributed by atoms with Crippen molar-refractivity contribution < 1.29 is 9.59 Å². The Kier molecular flexibility index (Phi) is 5.59. The van der Waals surface area contributed by atoms with E-state index in [0.717, 1.165) is 11.3 Å². The molecule has 0 saturated heterocycles. The lowest BCUT2D eigenvalue weighted by Crippen LogP contribution is -2.41. The van der Waals surface area contributed by atoms with E-state index in [-0.39, 0.29) is 18.4 Å². The second kappa shape index (κ2) is 7.89. The van der Waals surface area contributed by atoms with E-state index in [9.17, 15) is 9.59 Å². The summed E-state index contributed by atoms with van der Waals surface area (Å²) in [7, 11) is 1.65. The van der Waals surface area contributed by atoms with E-state index in [2.05, 4.69) is 5.10 Å². The molecular formula is C19H17Cl2N3O2. The van der Waals surface area contributed by atoms with Crippen molar-refractivity contribution >= 4 is 46.4 Å². The summed E-state index contributed by atoms with van der Waals surface area (Å²) in [6, 6.07) is 14.2. The summed E-state index contributed by atoms with van der Waals surface area (Å²) in [5.41, 5.74) is 2.32. The molecule has 2 amide bonds. The smallest absolute Gasteiger partial charge is 0.248 e. The summed E-state index contributed by atoms with van der Waals surface area (Å²) in [5, 5.41) is 6.79. The molecule has 1 aliphatic heterocycles. The van der Waals surface area contributed by atoms with Crippen LogP contribution in [0.15, 0.2) is 53.6 Å². The van der Waals surface area contributed by atoms with Crippen LogP contribution in [0.4, 0.5) is 5.69 Å². The highest BCUT2D eigenvalue weighted by Crippen LogP contribution is 2.20. The highest BCUT2D eigenvalue weighted by Gasteiger charge is 2.25. The maximum absolute atomic E-state index is 12.6. The highest BCUT2D eigenvalue weighted by molar-refractivity contribution is 6.31. The molecule has 0 bridgehead atoms. The predicted octanol–water partition coefficient (Wildman–Crippen LogP) is 3.98. The van der Waals surface area contributed by atoms with Crippen LogP contribution >= 0.6 is 23.2 Å². The number of carbonyl (C=O) groups is 2. The van der Waals surface area contributed by atoms with Crippen LogP contribution in [0.3, 0.4) is 0 Å². The van der Waals surface area contributed by atoms with Gasteiger partial charge in [0.15, 0.2) is 0 Å². The molecule has 0 unspecified atom stereocenters. The highest BCUT2D eigenvalue weighted by atomic mass is 35.5. The maximum Gasteiger partial charge on any atom is 0.248 e. The van der Waals surface area contributed by atoms with E-state index < -0.39 is 0 Å². The molecule has 134 valence electrons. The van der Waals surface area contributed by atoms with Gasteiger partial charge in [-0.05, 0) is 35.9 Å². The lowest BCUT2D eigenvalue weighted by atomic mass is 10.0. The Morgan fingerprint density at radius 2 is 1.85 bits per heavy atom. The van der Waals surface area contributed by atoms with Crippen molar-refractivity contribution in [1.82, 2.24) is 5.01 Å². The minimum Gasteiger partial charge on any atom is -0.314 e. The molecule has 0 atom stereocenters. The first kappa shape index (κ1) is 18.4. The van der Waals surface area contributed by atoms with Crippen molar-refractivity contribution in [2.45, 2.75) is 12.8 Å². The molecule has 0 N–H and O–H groups in total. The van der Waals surface area contributed by atoms with Gasteiger partial charge in [0.05, 0.1) is 5.71 Å². The Labute approximate surface area is 161 Å². The van der Waals surface area contributed by atoms with Crippen molar-refractivity contribution in [2.75, 3.05) is 18.5 Å². The number of nitrogens with zero attached hydrogens (tertiary/aromatic N) is 3. The monoisotopic (exact) mass is 389 g/mol. The molecule has 0 saturated carbocycles. The number of benzene rings is 2. The van der Waals surface area contributed by atoms with Gasteiger partial charge in [0.25, 0.3) is 0 Å². The Bertz CT molecular complexity index is 865. The van der Waals surface area contributed by atoms with Gasteiger partial charge in [0, 0.05) is 35.6 Å². The summed E-state index contributed by atoms with van der Waals surface area (Å²) in [5.74, 6) is -0.419. The van der Waals surface area contributed by atoms with E-state index >= 15 is 0 Å². The van der Waals surface area contributed by atoms with Gasteiger partial charge < -0.3 is 4.90 Å². The van der Waals surface area contributed by atoms with E-state index in [1.165, 1.54) is 9.91 Å². The van der Waals surface area contributed by atoms with E-state index in [1.807, 2.05) is 12.1 Å². The molecule has 2 aromatic rings. The molecule has 1 aliphatic rings. The lowest BCUT2D eigenvalue weighted by molar-refractivity contribution is -0.135. The molecule has 5 nitrogen and oxygen atoms in total. The molecule has 1 heterocycles. The Morgan fingerprint density at radius 3 is 2.54 bits per heavy atom. The fourth-order valence-electron chi connectivity index (χ4n) is 2.64. The number of amides is 2. The van der Waals surface area contributed by atoms with Crippen molar-refractivity contribution in [2.24, 2.45) is 5.10 Å². The number of halogens is 2. The zero-order chi connectivity index (χ0) is 18.7. The quantitative estimate of drug-likeness (QED) is 0.793.